The molecule has 2 aliphatic rings. The number of hydrogen-bond acceptors (Lipinski definition) is 0. The van der Waals surface area contributed by atoms with E-state index >= 15 is 0 Å². The summed E-state index contributed by atoms with van der Waals surface area (Å²) >= 11 is 3.72. The van der Waals surface area contributed by atoms with Crippen LogP contribution < -0.4 is 0 Å². The summed E-state index contributed by atoms with van der Waals surface area (Å²) < 4.78 is 3.62. The molecule has 2 aliphatic carbocycles. The van der Waals surface area contributed by atoms with Crippen molar-refractivity contribution in [1.29, 1.82) is 0 Å². The molecule has 0 spiro atoms. The summed E-state index contributed by atoms with van der Waals surface area (Å²) in [6.45, 7) is 21.0. The van der Waals surface area contributed by atoms with Gasteiger partial charge in [0.1, 0.15) is 0 Å². The van der Waals surface area contributed by atoms with Crippen molar-refractivity contribution in [1.82, 2.24) is 0 Å². The molecule has 0 aliphatic heterocycles. The average Bonchev–Trinajstić information content (AvgIpc) is 3.57. The monoisotopic (exact) mass is 674 g/mol. The zero-order chi connectivity index (χ0) is 31.6. The van der Waals surface area contributed by atoms with E-state index < -0.39 is 21.3 Å². The van der Waals surface area contributed by atoms with Crippen LogP contribution in [0.15, 0.2) is 94.3 Å². The van der Waals surface area contributed by atoms with Gasteiger partial charge in [-0.05, 0) is 0 Å². The van der Waals surface area contributed by atoms with E-state index in [2.05, 4.69) is 153 Å². The summed E-state index contributed by atoms with van der Waals surface area (Å²) in [6, 6.07) is 28.2. The van der Waals surface area contributed by atoms with Gasteiger partial charge in [0.05, 0.1) is 0 Å². The van der Waals surface area contributed by atoms with Crippen LogP contribution in [0, 0.1) is 20.8 Å². The second-order valence-corrected chi connectivity index (χ2v) is 21.6. The number of hydrogen-bond donors (Lipinski definition) is 0. The molecule has 0 unspecified atom stereocenters. The SMILES string of the molecule is Cc1ccc([C](c2ccc(Cl)cc2)=[Zr]([C]2=CC=CC2)[CH]2c3cc(C)c(C(C)(C)C)cc3-c3cc(C(C)(C)C)c(C)cc32)cc1. The Balaban J connectivity index is 1.76. The number of halogens is 1. The Morgan fingerprint density at radius 2 is 1.16 bits per heavy atom. The zero-order valence-corrected chi connectivity index (χ0v) is 31.0. The number of fused-ring (bicyclic) bond motifs is 3. The standard InChI is InChI=1S/C23H29.C14H11Cl.C5H5.Zr/c1-14-9-16-11-17-10-15(2)21(23(6,7)8)13-19(17)18(16)12-20(14)22(3,4)5;1-11-2-4-12(5-3-11)10-13-6-8-14(15)9-7-13;1-2-4-5-3-1;/h9-13H,1-8H3;2-9H,1H3;1-3H,4H2;. The molecule has 0 atom stereocenters. The second kappa shape index (κ2) is 11.6. The molecule has 0 fully saturated rings. The number of aryl methyl sites for hydroxylation is 3. The number of allylic oxidation sites excluding steroid dienone is 4. The van der Waals surface area contributed by atoms with Crippen molar-refractivity contribution in [3.8, 4) is 11.1 Å². The van der Waals surface area contributed by atoms with Gasteiger partial charge in [-0.15, -0.1) is 0 Å². The van der Waals surface area contributed by atoms with Crippen molar-refractivity contribution < 1.29 is 21.3 Å². The van der Waals surface area contributed by atoms with Crippen molar-refractivity contribution in [3.05, 3.63) is 149 Å². The quantitative estimate of drug-likeness (QED) is 0.202. The minimum atomic E-state index is -2.75. The summed E-state index contributed by atoms with van der Waals surface area (Å²) in [5.74, 6) is 0. The Bertz CT molecular complexity index is 1730. The van der Waals surface area contributed by atoms with Gasteiger partial charge >= 0.3 is 280 Å². The van der Waals surface area contributed by atoms with Crippen molar-refractivity contribution >= 4 is 14.8 Å². The van der Waals surface area contributed by atoms with E-state index in [0.717, 1.165) is 11.4 Å². The Kier molecular flexibility index (Phi) is 8.31. The van der Waals surface area contributed by atoms with E-state index in [1.54, 1.807) is 6.49 Å². The maximum absolute atomic E-state index is 6.47. The van der Waals surface area contributed by atoms with Crippen molar-refractivity contribution in [3.63, 3.8) is 0 Å². The van der Waals surface area contributed by atoms with E-state index in [0.29, 0.717) is 3.63 Å². The summed E-state index contributed by atoms with van der Waals surface area (Å²) in [4.78, 5) is 0. The summed E-state index contributed by atoms with van der Waals surface area (Å²) in [5.41, 5.74) is 15.8. The van der Waals surface area contributed by atoms with Gasteiger partial charge < -0.3 is 0 Å². The average molecular weight is 676 g/mol. The molecule has 0 saturated heterocycles. The second-order valence-electron chi connectivity index (χ2n) is 14.9. The molecule has 224 valence electrons. The molecule has 4 aromatic carbocycles. The fourth-order valence-corrected chi connectivity index (χ4v) is 16.5. The van der Waals surface area contributed by atoms with Gasteiger partial charge in [-0.25, -0.2) is 0 Å². The van der Waals surface area contributed by atoms with Crippen LogP contribution in [0.1, 0.15) is 102 Å². The Morgan fingerprint density at radius 3 is 1.59 bits per heavy atom. The van der Waals surface area contributed by atoms with Crippen LogP contribution in [-0.4, -0.2) is 3.21 Å². The van der Waals surface area contributed by atoms with Crippen LogP contribution in [0.2, 0.25) is 5.02 Å². The zero-order valence-electron chi connectivity index (χ0n) is 27.8. The summed E-state index contributed by atoms with van der Waals surface area (Å²) in [5, 5.41) is 0.788. The van der Waals surface area contributed by atoms with Crippen LogP contribution in [0.25, 0.3) is 11.1 Å². The Morgan fingerprint density at radius 1 is 0.682 bits per heavy atom. The Labute approximate surface area is 278 Å². The van der Waals surface area contributed by atoms with Gasteiger partial charge in [-0.2, -0.15) is 0 Å². The van der Waals surface area contributed by atoms with Crippen LogP contribution in [0.3, 0.4) is 0 Å². The van der Waals surface area contributed by atoms with Gasteiger partial charge in [-0.3, -0.25) is 0 Å². The molecule has 0 aromatic heterocycles. The third kappa shape index (κ3) is 5.76. The van der Waals surface area contributed by atoms with Crippen LogP contribution in [0.4, 0.5) is 0 Å². The van der Waals surface area contributed by atoms with Crippen LogP contribution >= 0.6 is 11.6 Å². The molecule has 44 heavy (non-hydrogen) atoms. The van der Waals surface area contributed by atoms with Crippen LogP contribution in [0.5, 0.6) is 0 Å². The normalized spacial score (nSPS) is 15.3. The molecule has 0 saturated carbocycles. The predicted molar refractivity (Wildman–Crippen MR) is 188 cm³/mol. The topological polar surface area (TPSA) is 0 Å². The van der Waals surface area contributed by atoms with Gasteiger partial charge in [0, 0.05) is 0 Å². The van der Waals surface area contributed by atoms with Gasteiger partial charge in [0.15, 0.2) is 0 Å². The summed E-state index contributed by atoms with van der Waals surface area (Å²) in [7, 11) is 0. The first-order chi connectivity index (χ1) is 20.7. The van der Waals surface area contributed by atoms with Crippen molar-refractivity contribution in [2.75, 3.05) is 0 Å². The fourth-order valence-electron chi connectivity index (χ4n) is 7.45. The number of benzene rings is 4. The first-order valence-corrected chi connectivity index (χ1v) is 20.2. The summed E-state index contributed by atoms with van der Waals surface area (Å²) in [6.07, 6.45) is 8.17. The molecule has 0 amide bonds. The van der Waals surface area contributed by atoms with E-state index in [1.807, 2.05) is 0 Å². The molecular formula is C42H45ClZr. The van der Waals surface area contributed by atoms with Gasteiger partial charge in [0.25, 0.3) is 0 Å². The first-order valence-electron chi connectivity index (χ1n) is 16.0. The predicted octanol–water partition coefficient (Wildman–Crippen LogP) is 11.7. The molecule has 0 nitrogen and oxygen atoms in total. The maximum atomic E-state index is 6.47. The minimum absolute atomic E-state index is 0.0803. The Hall–Kier alpha value is -2.60. The first kappa shape index (κ1) is 31.4. The molecular weight excluding hydrogens is 631 g/mol. The molecule has 0 N–H and O–H groups in total. The molecule has 4 aromatic rings. The molecule has 2 heteroatoms. The molecule has 0 radical (unpaired) electrons. The van der Waals surface area contributed by atoms with E-state index in [1.165, 1.54) is 61.2 Å². The van der Waals surface area contributed by atoms with E-state index in [4.69, 9.17) is 11.6 Å². The van der Waals surface area contributed by atoms with E-state index in [-0.39, 0.29) is 10.8 Å². The fraction of sp³-hybridized carbons (Fsp3) is 0.310. The molecule has 6 rings (SSSR count). The molecule has 0 heterocycles. The van der Waals surface area contributed by atoms with Gasteiger partial charge in [0.2, 0.25) is 0 Å². The van der Waals surface area contributed by atoms with Gasteiger partial charge in [-0.1, -0.05) is 0 Å². The van der Waals surface area contributed by atoms with Crippen molar-refractivity contribution in [2.24, 2.45) is 0 Å². The van der Waals surface area contributed by atoms with Crippen molar-refractivity contribution in [2.45, 2.75) is 83.2 Å². The van der Waals surface area contributed by atoms with Crippen LogP contribution in [-0.2, 0) is 32.1 Å². The number of rotatable bonds is 4. The van der Waals surface area contributed by atoms with E-state index in [9.17, 15) is 0 Å². The third-order valence-corrected chi connectivity index (χ3v) is 18.0. The molecule has 0 bridgehead atoms. The third-order valence-electron chi connectivity index (χ3n) is 9.47.